The molecule has 0 saturated carbocycles. The summed E-state index contributed by atoms with van der Waals surface area (Å²) in [4.78, 5) is 1.15. The third kappa shape index (κ3) is 2.53. The molecule has 0 fully saturated rings. The lowest BCUT2D eigenvalue weighted by molar-refractivity contribution is -0.0166. The van der Waals surface area contributed by atoms with Crippen LogP contribution in [0.25, 0.3) is 0 Å². The van der Waals surface area contributed by atoms with Crippen LogP contribution in [0.3, 0.4) is 0 Å². The van der Waals surface area contributed by atoms with Crippen molar-refractivity contribution in [3.8, 4) is 17.2 Å². The van der Waals surface area contributed by atoms with E-state index >= 15 is 0 Å². The van der Waals surface area contributed by atoms with Gasteiger partial charge in [-0.2, -0.15) is 5.10 Å². The Kier molecular flexibility index (Phi) is 3.67. The lowest BCUT2D eigenvalue weighted by atomic mass is 9.96. The van der Waals surface area contributed by atoms with Crippen molar-refractivity contribution in [2.24, 2.45) is 5.10 Å². The van der Waals surface area contributed by atoms with Crippen LogP contribution < -0.4 is 14.2 Å². The van der Waals surface area contributed by atoms with Gasteiger partial charge in [0, 0.05) is 22.0 Å². The number of hydrazone groups is 1. The maximum Gasteiger partial charge on any atom is 0.231 e. The maximum absolute atomic E-state index is 6.37. The van der Waals surface area contributed by atoms with E-state index in [9.17, 15) is 0 Å². The SMILES string of the molecule is Brc1ccc2c(c1)[C@H]1CC(c3ccc4c(c3)OCO4)=NN1[C@@H](c1cccs1)O2. The topological polar surface area (TPSA) is 43.3 Å². The second-order valence-electron chi connectivity index (χ2n) is 6.88. The van der Waals surface area contributed by atoms with Crippen molar-refractivity contribution in [2.75, 3.05) is 6.79 Å². The van der Waals surface area contributed by atoms with Crippen molar-refractivity contribution >= 4 is 33.0 Å². The summed E-state index contributed by atoms with van der Waals surface area (Å²) in [6.07, 6.45) is 0.596. The Morgan fingerprint density at radius 1 is 1.04 bits per heavy atom. The second kappa shape index (κ2) is 6.25. The first-order valence-corrected chi connectivity index (χ1v) is 10.7. The molecule has 0 amide bonds. The molecule has 140 valence electrons. The van der Waals surface area contributed by atoms with Crippen LogP contribution in [0, 0.1) is 0 Å². The highest BCUT2D eigenvalue weighted by molar-refractivity contribution is 9.10. The third-order valence-electron chi connectivity index (χ3n) is 5.24. The van der Waals surface area contributed by atoms with Gasteiger partial charge in [-0.3, -0.25) is 0 Å². The van der Waals surface area contributed by atoms with E-state index in [-0.39, 0.29) is 19.1 Å². The number of nitrogens with zero attached hydrogens (tertiary/aromatic N) is 2. The zero-order valence-electron chi connectivity index (χ0n) is 14.7. The summed E-state index contributed by atoms with van der Waals surface area (Å²) in [6, 6.07) is 16.5. The Labute approximate surface area is 174 Å². The van der Waals surface area contributed by atoms with Crippen molar-refractivity contribution in [2.45, 2.75) is 18.7 Å². The number of thiophene rings is 1. The van der Waals surface area contributed by atoms with Crippen LogP contribution in [0.5, 0.6) is 17.2 Å². The highest BCUT2D eigenvalue weighted by atomic mass is 79.9. The van der Waals surface area contributed by atoms with E-state index in [2.05, 4.69) is 38.5 Å². The molecule has 5 nitrogen and oxygen atoms in total. The number of rotatable bonds is 2. The van der Waals surface area contributed by atoms with Crippen molar-refractivity contribution in [1.82, 2.24) is 5.01 Å². The number of hydrogen-bond donors (Lipinski definition) is 0. The van der Waals surface area contributed by atoms with Crippen LogP contribution in [0.1, 0.15) is 34.7 Å². The van der Waals surface area contributed by atoms with Gasteiger partial charge in [-0.1, -0.05) is 22.0 Å². The molecule has 3 aliphatic rings. The molecule has 6 rings (SSSR count). The third-order valence-corrected chi connectivity index (χ3v) is 6.64. The fourth-order valence-electron chi connectivity index (χ4n) is 3.93. The van der Waals surface area contributed by atoms with Gasteiger partial charge in [0.1, 0.15) is 5.75 Å². The van der Waals surface area contributed by atoms with Crippen LogP contribution in [0.15, 0.2) is 63.5 Å². The Bertz CT molecular complexity index is 1100. The monoisotopic (exact) mass is 454 g/mol. The van der Waals surface area contributed by atoms with Gasteiger partial charge in [-0.15, -0.1) is 11.3 Å². The average molecular weight is 455 g/mol. The molecule has 0 bridgehead atoms. The first kappa shape index (κ1) is 16.4. The molecule has 0 saturated heterocycles. The van der Waals surface area contributed by atoms with E-state index in [0.717, 1.165) is 49.9 Å². The molecule has 0 unspecified atom stereocenters. The Morgan fingerprint density at radius 2 is 1.93 bits per heavy atom. The van der Waals surface area contributed by atoms with Gasteiger partial charge >= 0.3 is 0 Å². The summed E-state index contributed by atoms with van der Waals surface area (Å²) in [7, 11) is 0. The predicted molar refractivity (Wildman–Crippen MR) is 110 cm³/mol. The van der Waals surface area contributed by atoms with E-state index in [1.165, 1.54) is 0 Å². The van der Waals surface area contributed by atoms with E-state index < -0.39 is 0 Å². The first-order chi connectivity index (χ1) is 13.8. The minimum Gasteiger partial charge on any atom is -0.464 e. The fraction of sp³-hybridized carbons (Fsp3) is 0.190. The lowest BCUT2D eigenvalue weighted by Gasteiger charge is -2.37. The minimum atomic E-state index is -0.217. The summed E-state index contributed by atoms with van der Waals surface area (Å²) in [5.41, 5.74) is 3.24. The summed E-state index contributed by atoms with van der Waals surface area (Å²) >= 11 is 5.28. The number of ether oxygens (including phenoxy) is 3. The molecule has 0 aliphatic carbocycles. The van der Waals surface area contributed by atoms with Crippen molar-refractivity contribution in [3.63, 3.8) is 0 Å². The predicted octanol–water partition coefficient (Wildman–Crippen LogP) is 5.48. The molecular formula is C21H15BrN2O3S. The number of fused-ring (bicyclic) bond motifs is 4. The number of hydrogen-bond acceptors (Lipinski definition) is 6. The highest BCUT2D eigenvalue weighted by Gasteiger charge is 2.41. The maximum atomic E-state index is 6.37. The van der Waals surface area contributed by atoms with E-state index in [4.69, 9.17) is 19.3 Å². The first-order valence-electron chi connectivity index (χ1n) is 9.01. The molecule has 3 aromatic rings. The van der Waals surface area contributed by atoms with Crippen LogP contribution in [0.4, 0.5) is 0 Å². The van der Waals surface area contributed by atoms with Crippen LogP contribution in [-0.2, 0) is 0 Å². The average Bonchev–Trinajstić information content (AvgIpc) is 3.46. The summed E-state index contributed by atoms with van der Waals surface area (Å²) in [6.45, 7) is 0.274. The molecule has 7 heteroatoms. The van der Waals surface area contributed by atoms with Crippen LogP contribution >= 0.6 is 27.3 Å². The van der Waals surface area contributed by atoms with Gasteiger partial charge in [0.2, 0.25) is 13.0 Å². The van der Waals surface area contributed by atoms with Gasteiger partial charge < -0.3 is 14.2 Å². The summed E-state index contributed by atoms with van der Waals surface area (Å²) < 4.78 is 18.4. The molecule has 2 aromatic carbocycles. The molecule has 4 heterocycles. The Balaban J connectivity index is 1.44. The summed E-state index contributed by atoms with van der Waals surface area (Å²) in [5, 5.41) is 9.16. The standard InChI is InChI=1S/C21H15BrN2O3S/c22-13-4-6-17-14(9-13)16-10-15(12-3-5-18-19(8-12)26-11-25-18)23-24(16)21(27-17)20-2-1-7-28-20/h1-9,16,21H,10-11H2/t16-,21-/m1/s1. The number of benzene rings is 2. The van der Waals surface area contributed by atoms with E-state index in [1.54, 1.807) is 11.3 Å². The minimum absolute atomic E-state index is 0.133. The van der Waals surface area contributed by atoms with Crippen LogP contribution in [-0.4, -0.2) is 17.5 Å². The Morgan fingerprint density at radius 3 is 2.82 bits per heavy atom. The molecule has 0 N–H and O–H groups in total. The van der Waals surface area contributed by atoms with Gasteiger partial charge in [0.25, 0.3) is 0 Å². The molecule has 0 spiro atoms. The molecule has 2 atom stereocenters. The van der Waals surface area contributed by atoms with E-state index in [0.29, 0.717) is 0 Å². The largest absolute Gasteiger partial charge is 0.464 e. The zero-order chi connectivity index (χ0) is 18.7. The van der Waals surface area contributed by atoms with Crippen molar-refractivity contribution in [1.29, 1.82) is 0 Å². The second-order valence-corrected chi connectivity index (χ2v) is 8.78. The fourth-order valence-corrected chi connectivity index (χ4v) is 5.05. The van der Waals surface area contributed by atoms with Gasteiger partial charge in [0.15, 0.2) is 11.5 Å². The van der Waals surface area contributed by atoms with E-state index in [1.807, 2.05) is 36.4 Å². The van der Waals surface area contributed by atoms with Crippen molar-refractivity contribution < 1.29 is 14.2 Å². The van der Waals surface area contributed by atoms with Gasteiger partial charge in [0.05, 0.1) is 16.6 Å². The molecule has 28 heavy (non-hydrogen) atoms. The molecular weight excluding hydrogens is 440 g/mol. The zero-order valence-corrected chi connectivity index (χ0v) is 17.1. The van der Waals surface area contributed by atoms with Gasteiger partial charge in [-0.05, 0) is 47.8 Å². The van der Waals surface area contributed by atoms with Gasteiger partial charge in [-0.25, -0.2) is 5.01 Å². The normalized spacial score (nSPS) is 21.8. The van der Waals surface area contributed by atoms with Crippen LogP contribution in [0.2, 0.25) is 0 Å². The quantitative estimate of drug-likeness (QED) is 0.513. The molecule has 1 aromatic heterocycles. The molecule has 0 radical (unpaired) electrons. The lowest BCUT2D eigenvalue weighted by Crippen LogP contribution is -2.33. The summed E-state index contributed by atoms with van der Waals surface area (Å²) in [5.74, 6) is 2.48. The Hall–Kier alpha value is -2.51. The highest BCUT2D eigenvalue weighted by Crippen LogP contribution is 2.49. The smallest absolute Gasteiger partial charge is 0.231 e. The van der Waals surface area contributed by atoms with Crippen molar-refractivity contribution in [3.05, 3.63) is 74.4 Å². The number of halogens is 1. The molecule has 3 aliphatic heterocycles.